The minimum atomic E-state index is -0.352. The van der Waals surface area contributed by atoms with E-state index in [0.717, 1.165) is 5.56 Å². The number of rotatable bonds is 4. The van der Waals surface area contributed by atoms with E-state index in [9.17, 15) is 4.79 Å². The lowest BCUT2D eigenvalue weighted by atomic mass is 10.1. The van der Waals surface area contributed by atoms with Crippen molar-refractivity contribution in [2.45, 2.75) is 6.61 Å². The zero-order valence-electron chi connectivity index (χ0n) is 12.4. The van der Waals surface area contributed by atoms with Gasteiger partial charge in [0.15, 0.2) is 0 Å². The van der Waals surface area contributed by atoms with Crippen molar-refractivity contribution in [3.63, 3.8) is 0 Å². The van der Waals surface area contributed by atoms with Crippen LogP contribution in [0.25, 0.3) is 11.3 Å². The second-order valence-electron chi connectivity index (χ2n) is 5.05. The number of aliphatic hydroxyl groups excluding tert-OH is 1. The van der Waals surface area contributed by atoms with Crippen LogP contribution in [0.4, 0.5) is 5.69 Å². The van der Waals surface area contributed by atoms with Gasteiger partial charge in [0, 0.05) is 5.56 Å². The molecule has 0 aliphatic rings. The Morgan fingerprint density at radius 3 is 2.54 bits per heavy atom. The largest absolute Gasteiger partial charge is 0.459 e. The predicted molar refractivity (Wildman–Crippen MR) is 94.5 cm³/mol. The van der Waals surface area contributed by atoms with Gasteiger partial charge in [-0.2, -0.15) is 0 Å². The van der Waals surface area contributed by atoms with Crippen LogP contribution in [0.3, 0.4) is 0 Å². The van der Waals surface area contributed by atoms with Crippen molar-refractivity contribution in [2.75, 3.05) is 5.32 Å². The summed E-state index contributed by atoms with van der Waals surface area (Å²) >= 11 is 12.2. The van der Waals surface area contributed by atoms with Crippen LogP contribution in [0, 0.1) is 0 Å². The van der Waals surface area contributed by atoms with Gasteiger partial charge in [0.25, 0.3) is 5.91 Å². The third-order valence-corrected chi connectivity index (χ3v) is 4.09. The Bertz CT molecular complexity index is 889. The summed E-state index contributed by atoms with van der Waals surface area (Å²) in [7, 11) is 0. The van der Waals surface area contributed by atoms with Gasteiger partial charge < -0.3 is 14.8 Å². The number of furan rings is 1. The molecule has 0 aliphatic carbocycles. The van der Waals surface area contributed by atoms with Crippen LogP contribution < -0.4 is 5.32 Å². The quantitative estimate of drug-likeness (QED) is 0.687. The smallest absolute Gasteiger partial charge is 0.257 e. The molecule has 0 saturated heterocycles. The van der Waals surface area contributed by atoms with Crippen molar-refractivity contribution in [3.8, 4) is 11.3 Å². The molecule has 3 aromatic rings. The number of anilines is 1. The molecule has 24 heavy (non-hydrogen) atoms. The number of aliphatic hydroxyl groups is 1. The summed E-state index contributed by atoms with van der Waals surface area (Å²) in [4.78, 5) is 12.4. The van der Waals surface area contributed by atoms with Crippen LogP contribution >= 0.6 is 23.2 Å². The van der Waals surface area contributed by atoms with E-state index >= 15 is 0 Å². The fourth-order valence-electron chi connectivity index (χ4n) is 2.23. The molecule has 3 rings (SSSR count). The Morgan fingerprint density at radius 2 is 1.83 bits per heavy atom. The maximum atomic E-state index is 12.4. The molecule has 1 heterocycles. The van der Waals surface area contributed by atoms with Crippen molar-refractivity contribution in [3.05, 3.63) is 76.0 Å². The highest BCUT2D eigenvalue weighted by molar-refractivity contribution is 6.36. The molecule has 0 unspecified atom stereocenters. The Morgan fingerprint density at radius 1 is 1.04 bits per heavy atom. The van der Waals surface area contributed by atoms with Crippen LogP contribution in [-0.2, 0) is 6.61 Å². The zero-order chi connectivity index (χ0) is 17.1. The summed E-state index contributed by atoms with van der Waals surface area (Å²) in [6.07, 6.45) is 0. The SMILES string of the molecule is O=C(Nc1cc(-c2ccc(CO)o2)ccc1Cl)c1ccccc1Cl. The van der Waals surface area contributed by atoms with Crippen molar-refractivity contribution in [1.82, 2.24) is 0 Å². The number of carbonyl (C=O) groups is 1. The molecule has 2 N–H and O–H groups in total. The summed E-state index contributed by atoms with van der Waals surface area (Å²) < 4.78 is 5.50. The molecule has 6 heteroatoms. The van der Waals surface area contributed by atoms with Crippen LogP contribution in [0.1, 0.15) is 16.1 Å². The Labute approximate surface area is 148 Å². The number of carbonyl (C=O) groups excluding carboxylic acids is 1. The summed E-state index contributed by atoms with van der Waals surface area (Å²) in [6.45, 7) is -0.177. The third-order valence-electron chi connectivity index (χ3n) is 3.44. The Kier molecular flexibility index (Phi) is 4.90. The maximum absolute atomic E-state index is 12.4. The molecule has 0 spiro atoms. The number of hydrogen-bond donors (Lipinski definition) is 2. The Balaban J connectivity index is 1.89. The number of halogens is 2. The molecule has 1 aromatic heterocycles. The van der Waals surface area contributed by atoms with Crippen molar-refractivity contribution in [2.24, 2.45) is 0 Å². The van der Waals surface area contributed by atoms with Gasteiger partial charge in [-0.1, -0.05) is 35.3 Å². The fraction of sp³-hybridized carbons (Fsp3) is 0.0556. The molecule has 2 aromatic carbocycles. The standard InChI is InChI=1S/C18H13Cl2NO3/c19-14-4-2-1-3-13(14)18(23)21-16-9-11(5-7-15(16)20)17-8-6-12(10-22)24-17/h1-9,22H,10H2,(H,21,23). The lowest BCUT2D eigenvalue weighted by Crippen LogP contribution is -2.12. The van der Waals surface area contributed by atoms with Gasteiger partial charge in [-0.25, -0.2) is 0 Å². The molecular formula is C18H13Cl2NO3. The minimum absolute atomic E-state index is 0.177. The molecule has 0 atom stereocenters. The number of hydrogen-bond acceptors (Lipinski definition) is 3. The molecule has 0 radical (unpaired) electrons. The first kappa shape index (κ1) is 16.6. The van der Waals surface area contributed by atoms with Gasteiger partial charge in [0.05, 0.1) is 21.3 Å². The first-order valence-corrected chi connectivity index (χ1v) is 7.89. The van der Waals surface area contributed by atoms with Crippen LogP contribution in [0.15, 0.2) is 59.0 Å². The van der Waals surface area contributed by atoms with E-state index in [1.165, 1.54) is 0 Å². The van der Waals surface area contributed by atoms with E-state index < -0.39 is 0 Å². The summed E-state index contributed by atoms with van der Waals surface area (Å²) in [5.74, 6) is 0.681. The molecule has 4 nitrogen and oxygen atoms in total. The molecule has 0 bridgehead atoms. The van der Waals surface area contributed by atoms with E-state index in [-0.39, 0.29) is 12.5 Å². The van der Waals surface area contributed by atoms with Gasteiger partial charge in [0.1, 0.15) is 18.1 Å². The molecule has 0 aliphatic heterocycles. The monoisotopic (exact) mass is 361 g/mol. The van der Waals surface area contributed by atoms with Gasteiger partial charge in [-0.15, -0.1) is 0 Å². The lowest BCUT2D eigenvalue weighted by Gasteiger charge is -2.10. The molecule has 1 amide bonds. The van der Waals surface area contributed by atoms with E-state index in [4.69, 9.17) is 32.7 Å². The highest BCUT2D eigenvalue weighted by Gasteiger charge is 2.13. The fourth-order valence-corrected chi connectivity index (χ4v) is 2.61. The van der Waals surface area contributed by atoms with E-state index in [2.05, 4.69) is 5.32 Å². The normalized spacial score (nSPS) is 10.6. The summed E-state index contributed by atoms with van der Waals surface area (Å²) in [5, 5.41) is 12.6. The van der Waals surface area contributed by atoms with E-state index in [1.54, 1.807) is 54.6 Å². The Hall–Kier alpha value is -2.27. The number of amides is 1. The van der Waals surface area contributed by atoms with E-state index in [0.29, 0.717) is 32.8 Å². The average Bonchev–Trinajstić information content (AvgIpc) is 3.06. The minimum Gasteiger partial charge on any atom is -0.459 e. The van der Waals surface area contributed by atoms with Crippen molar-refractivity contribution in [1.29, 1.82) is 0 Å². The topological polar surface area (TPSA) is 62.5 Å². The number of nitrogens with one attached hydrogen (secondary N) is 1. The zero-order valence-corrected chi connectivity index (χ0v) is 13.9. The molecule has 0 fully saturated rings. The van der Waals surface area contributed by atoms with Crippen molar-refractivity contribution < 1.29 is 14.3 Å². The summed E-state index contributed by atoms with van der Waals surface area (Å²) in [5.41, 5.74) is 1.54. The second-order valence-corrected chi connectivity index (χ2v) is 5.87. The molecular weight excluding hydrogens is 349 g/mol. The van der Waals surface area contributed by atoms with Gasteiger partial charge >= 0.3 is 0 Å². The highest BCUT2D eigenvalue weighted by Crippen LogP contribution is 2.30. The number of benzene rings is 2. The van der Waals surface area contributed by atoms with Gasteiger partial charge in [-0.05, 0) is 42.5 Å². The predicted octanol–water partition coefficient (Wildman–Crippen LogP) is 5.00. The maximum Gasteiger partial charge on any atom is 0.257 e. The van der Waals surface area contributed by atoms with Crippen LogP contribution in [0.5, 0.6) is 0 Å². The average molecular weight is 362 g/mol. The van der Waals surface area contributed by atoms with Gasteiger partial charge in [0.2, 0.25) is 0 Å². The summed E-state index contributed by atoms with van der Waals surface area (Å²) in [6, 6.07) is 15.3. The van der Waals surface area contributed by atoms with Crippen LogP contribution in [0.2, 0.25) is 10.0 Å². The lowest BCUT2D eigenvalue weighted by molar-refractivity contribution is 0.102. The second kappa shape index (κ2) is 7.09. The first-order chi connectivity index (χ1) is 11.6. The van der Waals surface area contributed by atoms with Crippen molar-refractivity contribution >= 4 is 34.8 Å². The highest BCUT2D eigenvalue weighted by atomic mass is 35.5. The first-order valence-electron chi connectivity index (χ1n) is 7.14. The van der Waals surface area contributed by atoms with Gasteiger partial charge in [-0.3, -0.25) is 4.79 Å². The molecule has 122 valence electrons. The third kappa shape index (κ3) is 3.46. The van der Waals surface area contributed by atoms with E-state index in [1.807, 2.05) is 0 Å². The molecule has 0 saturated carbocycles. The van der Waals surface area contributed by atoms with Crippen LogP contribution in [-0.4, -0.2) is 11.0 Å².